The minimum Gasteiger partial charge on any atom is -0.378 e. The first-order valence-electron chi connectivity index (χ1n) is 9.45. The van der Waals surface area contributed by atoms with Crippen LogP contribution in [0, 0.1) is 5.92 Å². The highest BCUT2D eigenvalue weighted by atomic mass is 16.5. The summed E-state index contributed by atoms with van der Waals surface area (Å²) in [4.78, 5) is 16.4. The van der Waals surface area contributed by atoms with E-state index >= 15 is 0 Å². The number of nitrogens with zero attached hydrogens (tertiary/aromatic N) is 5. The monoisotopic (exact) mass is 357 g/mol. The van der Waals surface area contributed by atoms with Crippen LogP contribution in [0.1, 0.15) is 51.0 Å². The lowest BCUT2D eigenvalue weighted by Crippen LogP contribution is -2.36. The molecule has 0 bridgehead atoms. The molecule has 0 N–H and O–H groups in total. The molecule has 142 valence electrons. The summed E-state index contributed by atoms with van der Waals surface area (Å²) in [6.07, 6.45) is 7.30. The largest absolute Gasteiger partial charge is 0.378 e. The van der Waals surface area contributed by atoms with Crippen LogP contribution >= 0.6 is 0 Å². The van der Waals surface area contributed by atoms with Crippen LogP contribution < -0.4 is 4.90 Å². The van der Waals surface area contributed by atoms with E-state index in [-0.39, 0.29) is 5.41 Å². The number of aromatic nitrogens is 4. The van der Waals surface area contributed by atoms with Gasteiger partial charge in [-0.15, -0.1) is 0 Å². The van der Waals surface area contributed by atoms with Crippen LogP contribution in [0.15, 0.2) is 18.5 Å². The summed E-state index contributed by atoms with van der Waals surface area (Å²) in [6, 6.07) is 2.08. The maximum Gasteiger partial charge on any atom is 0.136 e. The van der Waals surface area contributed by atoms with Gasteiger partial charge in [0.2, 0.25) is 0 Å². The van der Waals surface area contributed by atoms with Crippen molar-refractivity contribution in [2.45, 2.75) is 52.1 Å². The summed E-state index contributed by atoms with van der Waals surface area (Å²) in [5, 5.41) is 0. The van der Waals surface area contributed by atoms with E-state index in [9.17, 15) is 0 Å². The van der Waals surface area contributed by atoms with E-state index in [0.717, 1.165) is 36.8 Å². The topological polar surface area (TPSA) is 56.1 Å². The number of piperidine rings is 1. The normalized spacial score (nSPS) is 16.3. The van der Waals surface area contributed by atoms with Gasteiger partial charge in [-0.25, -0.2) is 15.0 Å². The smallest absolute Gasteiger partial charge is 0.136 e. The molecule has 0 amide bonds. The molecule has 2 aromatic rings. The number of ether oxygens (including phenoxy) is 1. The second-order valence-electron chi connectivity index (χ2n) is 8.31. The maximum atomic E-state index is 5.31. The van der Waals surface area contributed by atoms with Crippen LogP contribution in [0.5, 0.6) is 0 Å². The minimum atomic E-state index is -0.0744. The summed E-state index contributed by atoms with van der Waals surface area (Å²) in [7, 11) is 3.78. The third-order valence-electron chi connectivity index (χ3n) is 5.06. The molecule has 3 heterocycles. The van der Waals surface area contributed by atoms with Crippen molar-refractivity contribution in [2.75, 3.05) is 25.1 Å². The van der Waals surface area contributed by atoms with E-state index in [1.165, 1.54) is 18.7 Å². The molecule has 6 heteroatoms. The lowest BCUT2D eigenvalue weighted by molar-refractivity contribution is 0.181. The van der Waals surface area contributed by atoms with Gasteiger partial charge in [0.05, 0.1) is 12.3 Å². The summed E-state index contributed by atoms with van der Waals surface area (Å²) in [5.41, 5.74) is 0.882. The minimum absolute atomic E-state index is 0.0744. The molecule has 0 spiro atoms. The SMILES string of the molecule is COCc1cc(N2CCC(Cc3nccn3C)CC2)nc(C(C)(C)C)n1. The number of hydrogen-bond donors (Lipinski definition) is 0. The zero-order valence-corrected chi connectivity index (χ0v) is 16.7. The van der Waals surface area contributed by atoms with Gasteiger partial charge in [0.15, 0.2) is 0 Å². The predicted molar refractivity (Wildman–Crippen MR) is 103 cm³/mol. The van der Waals surface area contributed by atoms with Gasteiger partial charge in [-0.05, 0) is 18.8 Å². The maximum absolute atomic E-state index is 5.31. The Balaban J connectivity index is 1.70. The van der Waals surface area contributed by atoms with Crippen LogP contribution in [0.3, 0.4) is 0 Å². The first-order chi connectivity index (χ1) is 12.4. The number of methoxy groups -OCH3 is 1. The second-order valence-corrected chi connectivity index (χ2v) is 8.31. The Morgan fingerprint density at radius 1 is 1.19 bits per heavy atom. The Bertz CT molecular complexity index is 726. The molecule has 1 fully saturated rings. The van der Waals surface area contributed by atoms with Crippen molar-refractivity contribution in [3.05, 3.63) is 35.8 Å². The number of rotatable bonds is 5. The molecule has 0 aromatic carbocycles. The van der Waals surface area contributed by atoms with E-state index in [1.54, 1.807) is 7.11 Å². The molecule has 1 saturated heterocycles. The average Bonchev–Trinajstić information content (AvgIpc) is 3.00. The predicted octanol–water partition coefficient (Wildman–Crippen LogP) is 3.11. The number of imidazole rings is 1. The van der Waals surface area contributed by atoms with Gasteiger partial charge in [0, 0.05) is 57.5 Å². The molecule has 0 unspecified atom stereocenters. The fourth-order valence-corrected chi connectivity index (χ4v) is 3.42. The van der Waals surface area contributed by atoms with Gasteiger partial charge in [-0.2, -0.15) is 0 Å². The Kier molecular flexibility index (Phi) is 5.61. The molecule has 1 aliphatic heterocycles. The summed E-state index contributed by atoms with van der Waals surface area (Å²) >= 11 is 0. The summed E-state index contributed by atoms with van der Waals surface area (Å²) in [6.45, 7) is 9.05. The van der Waals surface area contributed by atoms with E-state index in [2.05, 4.69) is 48.3 Å². The molecule has 0 atom stereocenters. The third kappa shape index (κ3) is 4.41. The first-order valence-corrected chi connectivity index (χ1v) is 9.45. The van der Waals surface area contributed by atoms with Gasteiger partial charge < -0.3 is 14.2 Å². The van der Waals surface area contributed by atoms with E-state index < -0.39 is 0 Å². The van der Waals surface area contributed by atoms with Crippen LogP contribution in [0.25, 0.3) is 0 Å². The Hall–Kier alpha value is -1.95. The third-order valence-corrected chi connectivity index (χ3v) is 5.06. The lowest BCUT2D eigenvalue weighted by atomic mass is 9.93. The number of aryl methyl sites for hydroxylation is 1. The molecule has 3 rings (SSSR count). The van der Waals surface area contributed by atoms with Crippen molar-refractivity contribution in [2.24, 2.45) is 13.0 Å². The van der Waals surface area contributed by atoms with Crippen LogP contribution in [0.2, 0.25) is 0 Å². The van der Waals surface area contributed by atoms with Gasteiger partial charge in [0.25, 0.3) is 0 Å². The van der Waals surface area contributed by atoms with Crippen molar-refractivity contribution < 1.29 is 4.74 Å². The van der Waals surface area contributed by atoms with Crippen LogP contribution in [-0.4, -0.2) is 39.7 Å². The molecular weight excluding hydrogens is 326 g/mol. The van der Waals surface area contributed by atoms with E-state index in [4.69, 9.17) is 14.7 Å². The van der Waals surface area contributed by atoms with Gasteiger partial charge >= 0.3 is 0 Å². The summed E-state index contributed by atoms with van der Waals surface area (Å²) < 4.78 is 7.44. The van der Waals surface area contributed by atoms with Crippen molar-refractivity contribution in [3.63, 3.8) is 0 Å². The fraction of sp³-hybridized carbons (Fsp3) is 0.650. The first kappa shape index (κ1) is 18.8. The number of hydrogen-bond acceptors (Lipinski definition) is 5. The van der Waals surface area contributed by atoms with Crippen LogP contribution in [-0.2, 0) is 30.2 Å². The zero-order chi connectivity index (χ0) is 18.7. The van der Waals surface area contributed by atoms with Crippen LogP contribution in [0.4, 0.5) is 5.82 Å². The fourth-order valence-electron chi connectivity index (χ4n) is 3.42. The van der Waals surface area contributed by atoms with Gasteiger partial charge in [-0.1, -0.05) is 20.8 Å². The summed E-state index contributed by atoms with van der Waals surface area (Å²) in [5.74, 6) is 3.79. The van der Waals surface area contributed by atoms with Crippen molar-refractivity contribution in [3.8, 4) is 0 Å². The molecule has 2 aromatic heterocycles. The molecule has 6 nitrogen and oxygen atoms in total. The average molecular weight is 358 g/mol. The second kappa shape index (κ2) is 7.74. The molecule has 0 saturated carbocycles. The molecule has 26 heavy (non-hydrogen) atoms. The molecule has 1 aliphatic rings. The Morgan fingerprint density at radius 3 is 2.50 bits per heavy atom. The highest BCUT2D eigenvalue weighted by molar-refractivity contribution is 5.41. The van der Waals surface area contributed by atoms with Crippen molar-refractivity contribution in [1.82, 2.24) is 19.5 Å². The quantitative estimate of drug-likeness (QED) is 0.823. The van der Waals surface area contributed by atoms with Gasteiger partial charge in [-0.3, -0.25) is 0 Å². The highest BCUT2D eigenvalue weighted by Crippen LogP contribution is 2.27. The van der Waals surface area contributed by atoms with E-state index in [1.807, 2.05) is 12.4 Å². The Morgan fingerprint density at radius 2 is 1.92 bits per heavy atom. The van der Waals surface area contributed by atoms with Gasteiger partial charge in [0.1, 0.15) is 17.5 Å². The lowest BCUT2D eigenvalue weighted by Gasteiger charge is -2.33. The van der Waals surface area contributed by atoms with Crippen molar-refractivity contribution >= 4 is 5.82 Å². The Labute approximate surface area is 156 Å². The zero-order valence-electron chi connectivity index (χ0n) is 16.7. The molecular formula is C20H31N5O. The number of anilines is 1. The van der Waals surface area contributed by atoms with E-state index in [0.29, 0.717) is 12.5 Å². The standard InChI is InChI=1S/C20H31N5O/c1-20(2,3)19-22-16(14-26-5)13-18(23-19)25-9-6-15(7-10-25)12-17-21-8-11-24(17)4/h8,11,13,15H,6-7,9-10,12,14H2,1-5H3. The molecule has 0 aliphatic carbocycles. The molecule has 0 radical (unpaired) electrons. The van der Waals surface area contributed by atoms with Crippen molar-refractivity contribution in [1.29, 1.82) is 0 Å². The highest BCUT2D eigenvalue weighted by Gasteiger charge is 2.24.